The SMILES string of the molecule is CC[N+](CCO)(CCO)CCO.O=S(=O)([O-])CCN(CCO)CCO. The summed E-state index contributed by atoms with van der Waals surface area (Å²) in [6, 6.07) is 0. The Morgan fingerprint density at radius 1 is 0.800 bits per heavy atom. The summed E-state index contributed by atoms with van der Waals surface area (Å²) >= 11 is 0. The van der Waals surface area contributed by atoms with Gasteiger partial charge in [0.05, 0.1) is 55.5 Å². The standard InChI is InChI=1S/C8H20NO3.C6H15NO5S/c1-2-9(3-6-10,4-7-11)5-8-12;8-4-1-7(2-5-9)3-6-13(10,11)12/h10-12H,2-8H2,1H3;8-9H,1-6H2,(H,10,11,12)/q+1;/p-1. The maximum absolute atomic E-state index is 10.2. The average Bonchev–Trinajstić information content (AvgIpc) is 2.53. The van der Waals surface area contributed by atoms with Crippen molar-refractivity contribution in [3.63, 3.8) is 0 Å². The monoisotopic (exact) mass is 390 g/mol. The third-order valence-corrected chi connectivity index (χ3v) is 4.57. The Labute approximate surface area is 150 Å². The highest BCUT2D eigenvalue weighted by atomic mass is 32.2. The lowest BCUT2D eigenvalue weighted by atomic mass is 10.3. The van der Waals surface area contributed by atoms with Gasteiger partial charge in [0.15, 0.2) is 0 Å². The molecule has 0 aliphatic carbocycles. The molecule has 0 rings (SSSR count). The first-order valence-electron chi connectivity index (χ1n) is 8.29. The highest BCUT2D eigenvalue weighted by Gasteiger charge is 2.22. The molecule has 11 heteroatoms. The molecular formula is C14H34N2O8S. The molecule has 0 radical (unpaired) electrons. The molecular weight excluding hydrogens is 356 g/mol. The van der Waals surface area contributed by atoms with E-state index in [1.807, 2.05) is 6.92 Å². The summed E-state index contributed by atoms with van der Waals surface area (Å²) in [5, 5.41) is 43.5. The van der Waals surface area contributed by atoms with E-state index in [0.717, 1.165) is 6.54 Å². The first kappa shape index (κ1) is 26.9. The van der Waals surface area contributed by atoms with Gasteiger partial charge in [-0.25, -0.2) is 8.42 Å². The zero-order chi connectivity index (χ0) is 19.8. The molecule has 0 amide bonds. The van der Waals surface area contributed by atoms with Gasteiger partial charge in [-0.1, -0.05) is 0 Å². The first-order valence-corrected chi connectivity index (χ1v) is 9.87. The van der Waals surface area contributed by atoms with Crippen LogP contribution in [-0.2, 0) is 10.1 Å². The maximum Gasteiger partial charge on any atom is 0.102 e. The van der Waals surface area contributed by atoms with Crippen LogP contribution in [0, 0.1) is 0 Å². The molecule has 0 saturated heterocycles. The molecule has 0 bridgehead atoms. The summed E-state index contributed by atoms with van der Waals surface area (Å²) in [6.45, 7) is 5.29. The fourth-order valence-electron chi connectivity index (χ4n) is 2.31. The molecule has 0 heterocycles. The second-order valence-electron chi connectivity index (χ2n) is 5.55. The van der Waals surface area contributed by atoms with Crippen molar-refractivity contribution in [3.05, 3.63) is 0 Å². The van der Waals surface area contributed by atoms with E-state index in [9.17, 15) is 13.0 Å². The van der Waals surface area contributed by atoms with Crippen molar-refractivity contribution in [2.75, 3.05) is 84.6 Å². The Morgan fingerprint density at radius 3 is 1.44 bits per heavy atom. The minimum Gasteiger partial charge on any atom is -0.748 e. The summed E-state index contributed by atoms with van der Waals surface area (Å²) in [4.78, 5) is 1.51. The molecule has 0 aliphatic rings. The number of rotatable bonds is 14. The zero-order valence-corrected chi connectivity index (χ0v) is 15.8. The van der Waals surface area contributed by atoms with Crippen molar-refractivity contribution < 1.29 is 43.0 Å². The predicted octanol–water partition coefficient (Wildman–Crippen LogP) is -3.38. The molecule has 0 aromatic carbocycles. The molecule has 10 nitrogen and oxygen atoms in total. The third kappa shape index (κ3) is 15.6. The number of aliphatic hydroxyl groups is 5. The van der Waals surface area contributed by atoms with Crippen LogP contribution in [0.1, 0.15) is 6.92 Å². The average molecular weight is 390 g/mol. The predicted molar refractivity (Wildman–Crippen MR) is 91.8 cm³/mol. The first-order chi connectivity index (χ1) is 11.7. The van der Waals surface area contributed by atoms with E-state index in [-0.39, 0.29) is 52.7 Å². The van der Waals surface area contributed by atoms with Crippen molar-refractivity contribution in [1.29, 1.82) is 0 Å². The van der Waals surface area contributed by atoms with Crippen LogP contribution in [0.5, 0.6) is 0 Å². The molecule has 0 fully saturated rings. The fraction of sp³-hybridized carbons (Fsp3) is 1.00. The molecule has 0 aliphatic heterocycles. The van der Waals surface area contributed by atoms with E-state index in [0.29, 0.717) is 24.1 Å². The lowest BCUT2D eigenvalue weighted by Gasteiger charge is -2.36. The zero-order valence-electron chi connectivity index (χ0n) is 15.0. The fourth-order valence-corrected chi connectivity index (χ4v) is 2.79. The Kier molecular flexibility index (Phi) is 17.0. The van der Waals surface area contributed by atoms with Gasteiger partial charge in [-0.15, -0.1) is 0 Å². The lowest BCUT2D eigenvalue weighted by Crippen LogP contribution is -2.53. The van der Waals surface area contributed by atoms with Crippen LogP contribution >= 0.6 is 0 Å². The van der Waals surface area contributed by atoms with Crippen LogP contribution in [0.25, 0.3) is 0 Å². The minimum atomic E-state index is -4.21. The smallest absolute Gasteiger partial charge is 0.102 e. The van der Waals surface area contributed by atoms with Crippen molar-refractivity contribution in [1.82, 2.24) is 4.90 Å². The van der Waals surface area contributed by atoms with Gasteiger partial charge in [-0.05, 0) is 6.92 Å². The molecule has 0 aromatic rings. The largest absolute Gasteiger partial charge is 0.748 e. The van der Waals surface area contributed by atoms with Gasteiger partial charge in [-0.3, -0.25) is 4.90 Å². The number of aliphatic hydroxyl groups excluding tert-OH is 5. The van der Waals surface area contributed by atoms with Crippen LogP contribution in [0.4, 0.5) is 0 Å². The maximum atomic E-state index is 10.2. The second-order valence-corrected chi connectivity index (χ2v) is 7.07. The van der Waals surface area contributed by atoms with Gasteiger partial charge in [0.1, 0.15) is 19.6 Å². The number of nitrogens with zero attached hydrogens (tertiary/aromatic N) is 2. The van der Waals surface area contributed by atoms with E-state index in [1.54, 1.807) is 0 Å². The van der Waals surface area contributed by atoms with Crippen molar-refractivity contribution in [3.8, 4) is 0 Å². The van der Waals surface area contributed by atoms with E-state index >= 15 is 0 Å². The number of hydrogen-bond acceptors (Lipinski definition) is 9. The third-order valence-electron chi connectivity index (χ3n) is 3.88. The van der Waals surface area contributed by atoms with Gasteiger partial charge in [0.2, 0.25) is 0 Å². The molecule has 0 aromatic heterocycles. The Hall–Kier alpha value is -0.370. The summed E-state index contributed by atoms with van der Waals surface area (Å²) in [7, 11) is -4.21. The molecule has 0 unspecified atom stereocenters. The number of likely N-dealkylation sites (N-methyl/N-ethyl adjacent to an activating group) is 1. The van der Waals surface area contributed by atoms with Crippen LogP contribution < -0.4 is 0 Å². The van der Waals surface area contributed by atoms with Gasteiger partial charge in [0, 0.05) is 19.6 Å². The topological polar surface area (TPSA) is 162 Å². The summed E-state index contributed by atoms with van der Waals surface area (Å²) < 4.78 is 31.3. The van der Waals surface area contributed by atoms with Crippen LogP contribution in [0.3, 0.4) is 0 Å². The Balaban J connectivity index is 0. The summed E-state index contributed by atoms with van der Waals surface area (Å²) in [5.74, 6) is -0.493. The summed E-state index contributed by atoms with van der Waals surface area (Å²) in [5.41, 5.74) is 0. The normalized spacial score (nSPS) is 12.2. The number of quaternary nitrogens is 1. The highest BCUT2D eigenvalue weighted by molar-refractivity contribution is 7.85. The van der Waals surface area contributed by atoms with Crippen molar-refractivity contribution in [2.24, 2.45) is 0 Å². The van der Waals surface area contributed by atoms with Crippen LogP contribution in [0.15, 0.2) is 0 Å². The lowest BCUT2D eigenvalue weighted by molar-refractivity contribution is -0.927. The molecule has 0 spiro atoms. The van der Waals surface area contributed by atoms with Crippen LogP contribution in [-0.4, -0.2) is 132 Å². The van der Waals surface area contributed by atoms with Crippen LogP contribution in [0.2, 0.25) is 0 Å². The van der Waals surface area contributed by atoms with E-state index in [1.165, 1.54) is 4.90 Å². The Morgan fingerprint density at radius 2 is 1.20 bits per heavy atom. The number of hydrogen-bond donors (Lipinski definition) is 5. The van der Waals surface area contributed by atoms with E-state index in [2.05, 4.69) is 0 Å². The Bertz CT molecular complexity index is 371. The van der Waals surface area contributed by atoms with E-state index in [4.69, 9.17) is 25.5 Å². The van der Waals surface area contributed by atoms with Gasteiger partial charge in [-0.2, -0.15) is 0 Å². The molecule has 25 heavy (non-hydrogen) atoms. The van der Waals surface area contributed by atoms with Crippen molar-refractivity contribution in [2.45, 2.75) is 6.92 Å². The van der Waals surface area contributed by atoms with Gasteiger partial charge < -0.3 is 34.6 Å². The van der Waals surface area contributed by atoms with Gasteiger partial charge >= 0.3 is 0 Å². The van der Waals surface area contributed by atoms with Gasteiger partial charge in [0.25, 0.3) is 0 Å². The molecule has 0 saturated carbocycles. The molecule has 0 atom stereocenters. The highest BCUT2D eigenvalue weighted by Crippen LogP contribution is 2.04. The van der Waals surface area contributed by atoms with E-state index < -0.39 is 15.9 Å². The minimum absolute atomic E-state index is 0.0486. The van der Waals surface area contributed by atoms with Crippen molar-refractivity contribution >= 4 is 10.1 Å². The molecule has 5 N–H and O–H groups in total. The summed E-state index contributed by atoms with van der Waals surface area (Å²) in [6.07, 6.45) is 0. The quantitative estimate of drug-likeness (QED) is 0.150. The second kappa shape index (κ2) is 15.9. The molecule has 154 valence electrons.